The Hall–Kier alpha value is -1.10. The maximum Gasteiger partial charge on any atom is 0.237 e. The molecule has 0 saturated heterocycles. The molecule has 1 aliphatic rings. The van der Waals surface area contributed by atoms with Crippen molar-refractivity contribution in [2.75, 3.05) is 13.1 Å². The zero-order valence-corrected chi connectivity index (χ0v) is 12.1. The Bertz CT molecular complexity index is 320. The van der Waals surface area contributed by atoms with E-state index in [-0.39, 0.29) is 30.3 Å². The molecule has 0 aromatic heterocycles. The van der Waals surface area contributed by atoms with Crippen molar-refractivity contribution in [3.63, 3.8) is 0 Å². The molecule has 1 saturated carbocycles. The molecule has 110 valence electrons. The van der Waals surface area contributed by atoms with Crippen LogP contribution >= 0.6 is 0 Å². The lowest BCUT2D eigenvalue weighted by Gasteiger charge is -2.36. The molecule has 0 bridgehead atoms. The first-order valence-electron chi connectivity index (χ1n) is 7.30. The van der Waals surface area contributed by atoms with Crippen molar-refractivity contribution in [2.45, 2.75) is 52.0 Å². The number of amides is 2. The second kappa shape index (κ2) is 7.48. The number of nitrogens with two attached hydrogens (primary N) is 2. The summed E-state index contributed by atoms with van der Waals surface area (Å²) < 4.78 is 0. The molecule has 0 aliphatic heterocycles. The van der Waals surface area contributed by atoms with E-state index in [1.165, 1.54) is 0 Å². The maximum atomic E-state index is 12.6. The third kappa shape index (κ3) is 4.49. The summed E-state index contributed by atoms with van der Waals surface area (Å²) in [5, 5.41) is 0. The third-order valence-electron chi connectivity index (χ3n) is 4.12. The Kier molecular flexibility index (Phi) is 6.28. The van der Waals surface area contributed by atoms with Gasteiger partial charge in [-0.05, 0) is 25.2 Å². The first-order valence-corrected chi connectivity index (χ1v) is 7.30. The van der Waals surface area contributed by atoms with Crippen LogP contribution in [-0.2, 0) is 9.59 Å². The highest BCUT2D eigenvalue weighted by Gasteiger charge is 2.35. The summed E-state index contributed by atoms with van der Waals surface area (Å²) in [6.45, 7) is 4.73. The highest BCUT2D eigenvalue weighted by atomic mass is 16.2. The van der Waals surface area contributed by atoms with Crippen LogP contribution in [0, 0.1) is 11.8 Å². The summed E-state index contributed by atoms with van der Waals surface area (Å²) in [5.41, 5.74) is 11.3. The van der Waals surface area contributed by atoms with Gasteiger partial charge in [-0.3, -0.25) is 9.59 Å². The lowest BCUT2D eigenvalue weighted by atomic mass is 9.76. The Labute approximate surface area is 115 Å². The van der Waals surface area contributed by atoms with Crippen LogP contribution in [0.15, 0.2) is 0 Å². The second-order valence-electron chi connectivity index (χ2n) is 5.64. The second-order valence-corrected chi connectivity index (χ2v) is 5.64. The van der Waals surface area contributed by atoms with Gasteiger partial charge in [0, 0.05) is 18.5 Å². The van der Waals surface area contributed by atoms with Crippen LogP contribution in [0.1, 0.15) is 46.0 Å². The maximum absolute atomic E-state index is 12.6. The molecule has 2 amide bonds. The Morgan fingerprint density at radius 3 is 2.58 bits per heavy atom. The van der Waals surface area contributed by atoms with Gasteiger partial charge in [-0.1, -0.05) is 26.7 Å². The molecule has 1 fully saturated rings. The van der Waals surface area contributed by atoms with E-state index in [9.17, 15) is 9.59 Å². The highest BCUT2D eigenvalue weighted by Crippen LogP contribution is 2.30. The third-order valence-corrected chi connectivity index (χ3v) is 4.12. The Morgan fingerprint density at radius 2 is 2.00 bits per heavy atom. The summed E-state index contributed by atoms with van der Waals surface area (Å²) in [5.74, 6) is -0.273. The van der Waals surface area contributed by atoms with Crippen LogP contribution < -0.4 is 11.5 Å². The molecular weight excluding hydrogens is 242 g/mol. The zero-order valence-electron chi connectivity index (χ0n) is 12.1. The summed E-state index contributed by atoms with van der Waals surface area (Å²) in [6.07, 6.45) is 4.72. The largest absolute Gasteiger partial charge is 0.368 e. The van der Waals surface area contributed by atoms with Gasteiger partial charge < -0.3 is 16.4 Å². The fraction of sp³-hybridized carbons (Fsp3) is 0.857. The fourth-order valence-electron chi connectivity index (χ4n) is 2.78. The standard InChI is InChI=1S/C14H27N3O2/c1-3-4-8-17(9-13(16)18)14(19)11-6-5-7-12(15)10(11)2/h10-12H,3-9,15H2,1-2H3,(H2,16,18). The van der Waals surface area contributed by atoms with Crippen LogP contribution in [0.3, 0.4) is 0 Å². The molecule has 0 radical (unpaired) electrons. The molecule has 0 spiro atoms. The van der Waals surface area contributed by atoms with E-state index < -0.39 is 5.91 Å². The SMILES string of the molecule is CCCCN(CC(N)=O)C(=O)C1CCCC(N)C1C. The number of rotatable bonds is 6. The molecular formula is C14H27N3O2. The molecule has 19 heavy (non-hydrogen) atoms. The van der Waals surface area contributed by atoms with Gasteiger partial charge in [0.25, 0.3) is 0 Å². The van der Waals surface area contributed by atoms with Crippen LogP contribution in [0.4, 0.5) is 0 Å². The topological polar surface area (TPSA) is 89.4 Å². The van der Waals surface area contributed by atoms with Crippen molar-refractivity contribution in [2.24, 2.45) is 23.3 Å². The van der Waals surface area contributed by atoms with Gasteiger partial charge in [0.15, 0.2) is 0 Å². The van der Waals surface area contributed by atoms with Crippen LogP contribution in [-0.4, -0.2) is 35.8 Å². The molecule has 0 aromatic carbocycles. The predicted molar refractivity (Wildman–Crippen MR) is 75.2 cm³/mol. The molecule has 0 heterocycles. The van der Waals surface area contributed by atoms with Crippen molar-refractivity contribution in [1.29, 1.82) is 0 Å². The molecule has 0 aromatic rings. The van der Waals surface area contributed by atoms with E-state index in [2.05, 4.69) is 6.92 Å². The summed E-state index contributed by atoms with van der Waals surface area (Å²) >= 11 is 0. The minimum Gasteiger partial charge on any atom is -0.368 e. The first kappa shape index (κ1) is 16.0. The number of hydrogen-bond acceptors (Lipinski definition) is 3. The first-order chi connectivity index (χ1) is 8.97. The number of nitrogens with zero attached hydrogens (tertiary/aromatic N) is 1. The number of hydrogen-bond donors (Lipinski definition) is 2. The average molecular weight is 269 g/mol. The van der Waals surface area contributed by atoms with Gasteiger partial charge in [0.1, 0.15) is 0 Å². The van der Waals surface area contributed by atoms with E-state index in [0.717, 1.165) is 32.1 Å². The van der Waals surface area contributed by atoms with Crippen molar-refractivity contribution in [3.05, 3.63) is 0 Å². The number of unbranched alkanes of at least 4 members (excludes halogenated alkanes) is 1. The lowest BCUT2D eigenvalue weighted by molar-refractivity contribution is -0.141. The van der Waals surface area contributed by atoms with Crippen LogP contribution in [0.2, 0.25) is 0 Å². The monoisotopic (exact) mass is 269 g/mol. The quantitative estimate of drug-likeness (QED) is 0.749. The van der Waals surface area contributed by atoms with Gasteiger partial charge >= 0.3 is 0 Å². The summed E-state index contributed by atoms with van der Waals surface area (Å²) in [6, 6.07) is 0.0873. The van der Waals surface area contributed by atoms with E-state index in [4.69, 9.17) is 11.5 Å². The molecule has 1 aliphatic carbocycles. The van der Waals surface area contributed by atoms with Crippen molar-refractivity contribution in [3.8, 4) is 0 Å². The van der Waals surface area contributed by atoms with Gasteiger partial charge in [-0.25, -0.2) is 0 Å². The van der Waals surface area contributed by atoms with E-state index >= 15 is 0 Å². The van der Waals surface area contributed by atoms with Gasteiger partial charge in [0.05, 0.1) is 6.54 Å². The Balaban J connectivity index is 2.70. The summed E-state index contributed by atoms with van der Waals surface area (Å²) in [4.78, 5) is 25.3. The average Bonchev–Trinajstić information content (AvgIpc) is 2.36. The minimum atomic E-state index is -0.447. The van der Waals surface area contributed by atoms with Crippen molar-refractivity contribution < 1.29 is 9.59 Å². The van der Waals surface area contributed by atoms with E-state index in [0.29, 0.717) is 6.54 Å². The zero-order chi connectivity index (χ0) is 14.4. The molecule has 1 rings (SSSR count). The lowest BCUT2D eigenvalue weighted by Crippen LogP contribution is -2.48. The minimum absolute atomic E-state index is 0.0251. The van der Waals surface area contributed by atoms with E-state index in [1.54, 1.807) is 4.90 Å². The number of carbonyl (C=O) groups excluding carboxylic acids is 2. The van der Waals surface area contributed by atoms with Gasteiger partial charge in [0.2, 0.25) is 11.8 Å². The number of primary amides is 1. The van der Waals surface area contributed by atoms with Gasteiger partial charge in [-0.15, -0.1) is 0 Å². The smallest absolute Gasteiger partial charge is 0.237 e. The van der Waals surface area contributed by atoms with E-state index in [1.807, 2.05) is 6.92 Å². The highest BCUT2D eigenvalue weighted by molar-refractivity contribution is 5.85. The molecule has 5 nitrogen and oxygen atoms in total. The molecule has 4 N–H and O–H groups in total. The van der Waals surface area contributed by atoms with Crippen LogP contribution in [0.25, 0.3) is 0 Å². The van der Waals surface area contributed by atoms with Crippen LogP contribution in [0.5, 0.6) is 0 Å². The molecule has 5 heteroatoms. The molecule has 3 atom stereocenters. The van der Waals surface area contributed by atoms with Crippen molar-refractivity contribution >= 4 is 11.8 Å². The predicted octanol–water partition coefficient (Wildman–Crippen LogP) is 0.864. The van der Waals surface area contributed by atoms with Crippen molar-refractivity contribution in [1.82, 2.24) is 4.90 Å². The summed E-state index contributed by atoms with van der Waals surface area (Å²) in [7, 11) is 0. The fourth-order valence-corrected chi connectivity index (χ4v) is 2.78. The molecule has 3 unspecified atom stereocenters. The normalized spacial score (nSPS) is 27.0. The Morgan fingerprint density at radius 1 is 1.32 bits per heavy atom. The number of carbonyl (C=O) groups is 2. The van der Waals surface area contributed by atoms with Gasteiger partial charge in [-0.2, -0.15) is 0 Å².